The lowest BCUT2D eigenvalue weighted by Gasteiger charge is -2.23. The first kappa shape index (κ1) is 25.3. The number of hydrogen-bond donors (Lipinski definition) is 3. The number of carboxylic acid groups (broad SMARTS) is 1. The Morgan fingerprint density at radius 2 is 1.56 bits per heavy atom. The molecule has 0 heterocycles. The highest BCUT2D eigenvalue weighted by atomic mass is 16.5. The van der Waals surface area contributed by atoms with Gasteiger partial charge in [0.1, 0.15) is 12.6 Å². The van der Waals surface area contributed by atoms with Gasteiger partial charge in [-0.3, -0.25) is 9.59 Å². The van der Waals surface area contributed by atoms with Crippen LogP contribution in [-0.2, 0) is 14.3 Å². The maximum atomic E-state index is 12.7. The maximum absolute atomic E-state index is 12.7. The fourth-order valence-electron chi connectivity index (χ4n) is 4.21. The largest absolute Gasteiger partial charge is 0.481 e. The first-order valence-electron chi connectivity index (χ1n) is 11.7. The minimum atomic E-state index is -0.943. The van der Waals surface area contributed by atoms with Crippen molar-refractivity contribution in [2.24, 2.45) is 11.3 Å². The predicted octanol–water partition coefficient (Wildman–Crippen LogP) is 4.56. The number of hydrogen-bond acceptors (Lipinski definition) is 4. The number of amides is 2. The van der Waals surface area contributed by atoms with Gasteiger partial charge in [-0.25, -0.2) is 4.79 Å². The molecule has 1 atom stereocenters. The molecule has 0 unspecified atom stereocenters. The summed E-state index contributed by atoms with van der Waals surface area (Å²) in [6.07, 6.45) is 0.0831. The van der Waals surface area contributed by atoms with Crippen LogP contribution in [0.25, 0.3) is 11.1 Å². The molecule has 1 aliphatic rings. The average Bonchev–Trinajstić information content (AvgIpc) is 3.10. The summed E-state index contributed by atoms with van der Waals surface area (Å²) in [5.41, 5.74) is 3.59. The van der Waals surface area contributed by atoms with Gasteiger partial charge in [0.2, 0.25) is 5.91 Å². The Bertz CT molecular complexity index is 1000. The number of rotatable bonds is 10. The summed E-state index contributed by atoms with van der Waals surface area (Å²) in [5, 5.41) is 14.7. The van der Waals surface area contributed by atoms with Crippen LogP contribution in [0.5, 0.6) is 0 Å². The molecule has 0 saturated carbocycles. The van der Waals surface area contributed by atoms with Crippen molar-refractivity contribution in [3.05, 3.63) is 59.7 Å². The van der Waals surface area contributed by atoms with E-state index in [0.717, 1.165) is 22.3 Å². The summed E-state index contributed by atoms with van der Waals surface area (Å²) in [7, 11) is 0. The highest BCUT2D eigenvalue weighted by Crippen LogP contribution is 2.44. The lowest BCUT2D eigenvalue weighted by molar-refractivity contribution is -0.147. The molecule has 2 aromatic rings. The summed E-state index contributed by atoms with van der Waals surface area (Å²) in [6.45, 7) is 7.53. The first-order chi connectivity index (χ1) is 16.1. The molecule has 0 spiro atoms. The standard InChI is InChI=1S/C27H34N2O5/c1-17(2)15-23(24(30)28-14-13-27(3,4)25(31)32)29-26(33)34-16-22-20-11-7-5-9-18(20)19-10-6-8-12-21(19)22/h5-12,17,22-23H,13-16H2,1-4H3,(H,28,30)(H,29,33)(H,31,32)/t23-/m1/s1. The molecule has 0 fully saturated rings. The summed E-state index contributed by atoms with van der Waals surface area (Å²) in [4.78, 5) is 36.7. The number of carbonyl (C=O) groups is 3. The molecule has 3 N–H and O–H groups in total. The van der Waals surface area contributed by atoms with Crippen LogP contribution in [0.15, 0.2) is 48.5 Å². The number of nitrogens with one attached hydrogen (secondary N) is 2. The summed E-state index contributed by atoms with van der Waals surface area (Å²) in [6, 6.07) is 15.4. The van der Waals surface area contributed by atoms with Crippen LogP contribution in [0.1, 0.15) is 57.6 Å². The van der Waals surface area contributed by atoms with Gasteiger partial charge < -0.3 is 20.5 Å². The third-order valence-electron chi connectivity index (χ3n) is 6.29. The number of aliphatic carboxylic acids is 1. The quantitative estimate of drug-likeness (QED) is 0.476. The zero-order valence-electron chi connectivity index (χ0n) is 20.3. The second kappa shape index (κ2) is 10.7. The van der Waals surface area contributed by atoms with Crippen LogP contribution in [0.2, 0.25) is 0 Å². The zero-order valence-corrected chi connectivity index (χ0v) is 20.3. The minimum absolute atomic E-state index is 0.0613. The Labute approximate surface area is 200 Å². The summed E-state index contributed by atoms with van der Waals surface area (Å²) < 4.78 is 5.58. The molecule has 2 aromatic carbocycles. The van der Waals surface area contributed by atoms with Crippen LogP contribution in [-0.4, -0.2) is 42.3 Å². The molecule has 2 amide bonds. The molecule has 7 nitrogen and oxygen atoms in total. The fourth-order valence-corrected chi connectivity index (χ4v) is 4.21. The van der Waals surface area contributed by atoms with Gasteiger partial charge in [-0.15, -0.1) is 0 Å². The van der Waals surface area contributed by atoms with E-state index < -0.39 is 23.5 Å². The Kier molecular flexibility index (Phi) is 7.97. The monoisotopic (exact) mass is 466 g/mol. The van der Waals surface area contributed by atoms with E-state index in [1.54, 1.807) is 13.8 Å². The van der Waals surface area contributed by atoms with Gasteiger partial charge in [-0.1, -0.05) is 62.4 Å². The van der Waals surface area contributed by atoms with Crippen molar-refractivity contribution < 1.29 is 24.2 Å². The van der Waals surface area contributed by atoms with Crippen molar-refractivity contribution in [3.63, 3.8) is 0 Å². The van der Waals surface area contributed by atoms with Crippen LogP contribution in [0, 0.1) is 11.3 Å². The van der Waals surface area contributed by atoms with Crippen LogP contribution in [0.4, 0.5) is 4.79 Å². The molecular weight excluding hydrogens is 432 g/mol. The van der Waals surface area contributed by atoms with E-state index in [4.69, 9.17) is 4.74 Å². The van der Waals surface area contributed by atoms with Crippen molar-refractivity contribution in [1.82, 2.24) is 10.6 Å². The third kappa shape index (κ3) is 5.95. The fraction of sp³-hybridized carbons (Fsp3) is 0.444. The Hall–Kier alpha value is -3.35. The lowest BCUT2D eigenvalue weighted by atomic mass is 9.89. The normalized spacial score (nSPS) is 13.7. The van der Waals surface area contributed by atoms with E-state index in [-0.39, 0.29) is 37.3 Å². The molecule has 182 valence electrons. The minimum Gasteiger partial charge on any atom is -0.481 e. The van der Waals surface area contributed by atoms with Gasteiger partial charge in [-0.05, 0) is 54.9 Å². The van der Waals surface area contributed by atoms with Gasteiger partial charge in [0, 0.05) is 12.5 Å². The molecule has 0 aliphatic heterocycles. The smallest absolute Gasteiger partial charge is 0.407 e. The van der Waals surface area contributed by atoms with E-state index in [1.807, 2.05) is 38.1 Å². The Morgan fingerprint density at radius 3 is 2.09 bits per heavy atom. The van der Waals surface area contributed by atoms with Gasteiger partial charge in [-0.2, -0.15) is 0 Å². The third-order valence-corrected chi connectivity index (χ3v) is 6.29. The van der Waals surface area contributed by atoms with Crippen LogP contribution >= 0.6 is 0 Å². The van der Waals surface area contributed by atoms with E-state index in [1.165, 1.54) is 0 Å². The van der Waals surface area contributed by atoms with Crippen molar-refractivity contribution in [2.75, 3.05) is 13.2 Å². The van der Waals surface area contributed by atoms with E-state index >= 15 is 0 Å². The maximum Gasteiger partial charge on any atom is 0.407 e. The first-order valence-corrected chi connectivity index (χ1v) is 11.7. The van der Waals surface area contributed by atoms with E-state index in [2.05, 4.69) is 34.9 Å². The van der Waals surface area contributed by atoms with Crippen molar-refractivity contribution in [1.29, 1.82) is 0 Å². The van der Waals surface area contributed by atoms with Gasteiger partial charge in [0.15, 0.2) is 0 Å². The number of carbonyl (C=O) groups excluding carboxylic acids is 2. The number of carboxylic acids is 1. The van der Waals surface area contributed by atoms with Crippen LogP contribution < -0.4 is 10.6 Å². The van der Waals surface area contributed by atoms with Crippen molar-refractivity contribution >= 4 is 18.0 Å². The zero-order chi connectivity index (χ0) is 24.9. The summed E-state index contributed by atoms with van der Waals surface area (Å²) >= 11 is 0. The SMILES string of the molecule is CC(C)C[C@@H](NC(=O)OCC1c2ccccc2-c2ccccc21)C(=O)NCCC(C)(C)C(=O)O. The van der Waals surface area contributed by atoms with Crippen molar-refractivity contribution in [3.8, 4) is 11.1 Å². The number of fused-ring (bicyclic) bond motifs is 3. The summed E-state index contributed by atoms with van der Waals surface area (Å²) in [5.74, 6) is -1.16. The topological polar surface area (TPSA) is 105 Å². The van der Waals surface area contributed by atoms with E-state index in [9.17, 15) is 19.5 Å². The highest BCUT2D eigenvalue weighted by Gasteiger charge is 2.30. The molecule has 7 heteroatoms. The molecular formula is C27H34N2O5. The molecule has 1 aliphatic carbocycles. The van der Waals surface area contributed by atoms with E-state index in [0.29, 0.717) is 6.42 Å². The van der Waals surface area contributed by atoms with Crippen LogP contribution in [0.3, 0.4) is 0 Å². The Balaban J connectivity index is 1.60. The number of ether oxygens (including phenoxy) is 1. The molecule has 0 aromatic heterocycles. The molecule has 0 saturated heterocycles. The van der Waals surface area contributed by atoms with Gasteiger partial charge in [0.05, 0.1) is 5.41 Å². The second-order valence-electron chi connectivity index (χ2n) is 9.88. The van der Waals surface area contributed by atoms with Crippen molar-refractivity contribution in [2.45, 2.75) is 52.5 Å². The molecule has 0 bridgehead atoms. The van der Waals surface area contributed by atoms with Gasteiger partial charge >= 0.3 is 12.1 Å². The number of benzene rings is 2. The molecule has 34 heavy (non-hydrogen) atoms. The molecule has 0 radical (unpaired) electrons. The highest BCUT2D eigenvalue weighted by molar-refractivity contribution is 5.86. The lowest BCUT2D eigenvalue weighted by Crippen LogP contribution is -2.48. The predicted molar refractivity (Wildman–Crippen MR) is 130 cm³/mol. The Morgan fingerprint density at radius 1 is 1.00 bits per heavy atom. The number of alkyl carbamates (subject to hydrolysis) is 1. The second-order valence-corrected chi connectivity index (χ2v) is 9.88. The average molecular weight is 467 g/mol. The molecule has 3 rings (SSSR count). The van der Waals surface area contributed by atoms with Gasteiger partial charge in [0.25, 0.3) is 0 Å².